The van der Waals surface area contributed by atoms with Gasteiger partial charge in [-0.15, -0.1) is 0 Å². The fourth-order valence-corrected chi connectivity index (χ4v) is 2.92. The Morgan fingerprint density at radius 2 is 1.53 bits per heavy atom. The van der Waals surface area contributed by atoms with Gasteiger partial charge < -0.3 is 14.4 Å². The number of hydrogen-bond acceptors (Lipinski definition) is 5. The van der Waals surface area contributed by atoms with Crippen molar-refractivity contribution >= 4 is 17.7 Å². The van der Waals surface area contributed by atoms with Crippen LogP contribution in [-0.2, 0) is 16.0 Å². The maximum atomic E-state index is 12.2. The molecule has 3 rings (SSSR count). The largest absolute Gasteiger partial charge is 0.481 e. The van der Waals surface area contributed by atoms with Crippen LogP contribution in [0.3, 0.4) is 0 Å². The summed E-state index contributed by atoms with van der Waals surface area (Å²) in [5.74, 6) is -0.410. The molecule has 0 spiro atoms. The summed E-state index contributed by atoms with van der Waals surface area (Å²) in [6.45, 7) is 7.12. The van der Waals surface area contributed by atoms with Gasteiger partial charge in [-0.05, 0) is 44.4 Å². The average Bonchev–Trinajstić information content (AvgIpc) is 3.01. The fraction of sp³-hybridized carbons (Fsp3) is 0.261. The molecule has 3 aromatic rings. The molecule has 30 heavy (non-hydrogen) atoms. The number of benzene rings is 2. The number of amides is 1. The third-order valence-electron chi connectivity index (χ3n) is 4.28. The standard InChI is InChI=1S/C23H24N2O5/c1-14-20(24-22(28)29-23(2,3)4)21(30-25-14)18-11-9-17(10-12-18)16-7-5-15(6-8-16)13-19(26)27/h5-12H,13H2,1-4H3,(H,24,28)(H,26,27). The lowest BCUT2D eigenvalue weighted by molar-refractivity contribution is -0.136. The number of anilines is 1. The molecule has 0 bridgehead atoms. The van der Waals surface area contributed by atoms with Crippen molar-refractivity contribution in [3.8, 4) is 22.5 Å². The Hall–Kier alpha value is -3.61. The molecule has 1 heterocycles. The Bertz CT molecular complexity index is 1040. The monoisotopic (exact) mass is 408 g/mol. The minimum Gasteiger partial charge on any atom is -0.481 e. The van der Waals surface area contributed by atoms with E-state index in [1.807, 2.05) is 36.4 Å². The van der Waals surface area contributed by atoms with E-state index in [9.17, 15) is 9.59 Å². The first-order valence-corrected chi connectivity index (χ1v) is 9.50. The first-order chi connectivity index (χ1) is 14.1. The number of carboxylic acid groups (broad SMARTS) is 1. The zero-order chi connectivity index (χ0) is 21.9. The predicted molar refractivity (Wildman–Crippen MR) is 113 cm³/mol. The second kappa shape index (κ2) is 8.41. The van der Waals surface area contributed by atoms with Crippen molar-refractivity contribution in [3.63, 3.8) is 0 Å². The first kappa shape index (κ1) is 21.1. The quantitative estimate of drug-likeness (QED) is 0.595. The zero-order valence-corrected chi connectivity index (χ0v) is 17.4. The van der Waals surface area contributed by atoms with Gasteiger partial charge in [0, 0.05) is 5.56 Å². The molecular weight excluding hydrogens is 384 g/mol. The van der Waals surface area contributed by atoms with Crippen LogP contribution in [0.5, 0.6) is 0 Å². The molecule has 0 fully saturated rings. The summed E-state index contributed by atoms with van der Waals surface area (Å²) in [6, 6.07) is 15.0. The second-order valence-electron chi connectivity index (χ2n) is 7.94. The molecule has 0 saturated carbocycles. The van der Waals surface area contributed by atoms with Gasteiger partial charge in [0.1, 0.15) is 17.0 Å². The van der Waals surface area contributed by atoms with Crippen LogP contribution in [0.15, 0.2) is 53.1 Å². The summed E-state index contributed by atoms with van der Waals surface area (Å²) in [5.41, 5.74) is 3.85. The number of nitrogens with zero attached hydrogens (tertiary/aromatic N) is 1. The number of aliphatic carboxylic acids is 1. The van der Waals surface area contributed by atoms with E-state index in [-0.39, 0.29) is 6.42 Å². The SMILES string of the molecule is Cc1noc(-c2ccc(-c3ccc(CC(=O)O)cc3)cc2)c1NC(=O)OC(C)(C)C. The zero-order valence-electron chi connectivity index (χ0n) is 17.4. The number of nitrogens with one attached hydrogen (secondary N) is 1. The maximum Gasteiger partial charge on any atom is 0.412 e. The molecule has 1 amide bonds. The van der Waals surface area contributed by atoms with E-state index in [0.29, 0.717) is 17.1 Å². The Labute approximate surface area is 174 Å². The first-order valence-electron chi connectivity index (χ1n) is 9.50. The van der Waals surface area contributed by atoms with Crippen LogP contribution >= 0.6 is 0 Å². The maximum absolute atomic E-state index is 12.2. The van der Waals surface area contributed by atoms with Gasteiger partial charge >= 0.3 is 12.1 Å². The Balaban J connectivity index is 1.80. The van der Waals surface area contributed by atoms with Crippen molar-refractivity contribution in [1.82, 2.24) is 5.16 Å². The van der Waals surface area contributed by atoms with Gasteiger partial charge in [-0.1, -0.05) is 53.7 Å². The third-order valence-corrected chi connectivity index (χ3v) is 4.28. The van der Waals surface area contributed by atoms with Gasteiger partial charge in [0.25, 0.3) is 0 Å². The van der Waals surface area contributed by atoms with Crippen molar-refractivity contribution in [2.75, 3.05) is 5.32 Å². The molecule has 0 atom stereocenters. The second-order valence-corrected chi connectivity index (χ2v) is 7.94. The summed E-state index contributed by atoms with van der Waals surface area (Å²) in [4.78, 5) is 23.0. The highest BCUT2D eigenvalue weighted by Gasteiger charge is 2.21. The van der Waals surface area contributed by atoms with Crippen molar-refractivity contribution in [2.24, 2.45) is 0 Å². The Kier molecular flexibility index (Phi) is 5.91. The predicted octanol–water partition coefficient (Wildman–Crippen LogP) is 5.29. The lowest BCUT2D eigenvalue weighted by Crippen LogP contribution is -2.27. The minimum atomic E-state index is -0.856. The van der Waals surface area contributed by atoms with Crippen LogP contribution in [0, 0.1) is 6.92 Å². The number of ether oxygens (including phenoxy) is 1. The summed E-state index contributed by atoms with van der Waals surface area (Å²) in [6.07, 6.45) is -0.578. The van der Waals surface area contributed by atoms with Crippen LogP contribution < -0.4 is 5.32 Å². The summed E-state index contributed by atoms with van der Waals surface area (Å²) in [5, 5.41) is 15.6. The van der Waals surface area contributed by atoms with Gasteiger partial charge in [0.2, 0.25) is 0 Å². The van der Waals surface area contributed by atoms with Crippen LogP contribution in [0.2, 0.25) is 0 Å². The molecule has 1 aromatic heterocycles. The number of aryl methyl sites for hydroxylation is 1. The van der Waals surface area contributed by atoms with Gasteiger partial charge in [0.05, 0.1) is 6.42 Å². The van der Waals surface area contributed by atoms with E-state index in [1.54, 1.807) is 39.8 Å². The molecule has 2 N–H and O–H groups in total. The van der Waals surface area contributed by atoms with Crippen molar-refractivity contribution in [3.05, 3.63) is 59.8 Å². The summed E-state index contributed by atoms with van der Waals surface area (Å²) >= 11 is 0. The van der Waals surface area contributed by atoms with E-state index in [4.69, 9.17) is 14.4 Å². The van der Waals surface area contributed by atoms with Gasteiger partial charge in [-0.3, -0.25) is 10.1 Å². The number of hydrogen-bond donors (Lipinski definition) is 2. The number of aromatic nitrogens is 1. The van der Waals surface area contributed by atoms with E-state index in [1.165, 1.54) is 0 Å². The van der Waals surface area contributed by atoms with Gasteiger partial charge in [-0.25, -0.2) is 4.79 Å². The number of carbonyl (C=O) groups is 2. The van der Waals surface area contributed by atoms with E-state index in [0.717, 1.165) is 22.3 Å². The van der Waals surface area contributed by atoms with Crippen LogP contribution in [0.4, 0.5) is 10.5 Å². The van der Waals surface area contributed by atoms with Gasteiger partial charge in [0.15, 0.2) is 5.76 Å². The lowest BCUT2D eigenvalue weighted by atomic mass is 10.0. The smallest absolute Gasteiger partial charge is 0.412 e. The number of carbonyl (C=O) groups excluding carboxylic acids is 1. The van der Waals surface area contributed by atoms with Crippen molar-refractivity contribution < 1.29 is 24.0 Å². The third kappa shape index (κ3) is 5.26. The number of rotatable bonds is 5. The van der Waals surface area contributed by atoms with E-state index >= 15 is 0 Å². The van der Waals surface area contributed by atoms with Crippen molar-refractivity contribution in [1.29, 1.82) is 0 Å². The highest BCUT2D eigenvalue weighted by atomic mass is 16.6. The molecule has 2 aromatic carbocycles. The molecule has 7 nitrogen and oxygen atoms in total. The van der Waals surface area contributed by atoms with Crippen LogP contribution in [0.25, 0.3) is 22.5 Å². The van der Waals surface area contributed by atoms with E-state index < -0.39 is 17.7 Å². The summed E-state index contributed by atoms with van der Waals surface area (Å²) < 4.78 is 10.7. The molecule has 0 aliphatic rings. The lowest BCUT2D eigenvalue weighted by Gasteiger charge is -2.19. The Morgan fingerprint density at radius 3 is 2.07 bits per heavy atom. The molecule has 0 aliphatic carbocycles. The molecule has 0 unspecified atom stereocenters. The highest BCUT2D eigenvalue weighted by Crippen LogP contribution is 2.33. The topological polar surface area (TPSA) is 102 Å². The molecule has 0 aliphatic heterocycles. The fourth-order valence-electron chi connectivity index (χ4n) is 2.92. The number of carboxylic acids is 1. The molecule has 0 saturated heterocycles. The van der Waals surface area contributed by atoms with Crippen LogP contribution in [-0.4, -0.2) is 27.9 Å². The normalized spacial score (nSPS) is 11.2. The molecule has 7 heteroatoms. The molecule has 156 valence electrons. The van der Waals surface area contributed by atoms with Crippen LogP contribution in [0.1, 0.15) is 32.0 Å². The molecule has 0 radical (unpaired) electrons. The molecular formula is C23H24N2O5. The highest BCUT2D eigenvalue weighted by molar-refractivity contribution is 5.91. The van der Waals surface area contributed by atoms with E-state index in [2.05, 4.69) is 10.5 Å². The Morgan fingerprint density at radius 1 is 1.00 bits per heavy atom. The minimum absolute atomic E-state index is 0.00249. The van der Waals surface area contributed by atoms with Gasteiger partial charge in [-0.2, -0.15) is 0 Å². The summed E-state index contributed by atoms with van der Waals surface area (Å²) in [7, 11) is 0. The average molecular weight is 408 g/mol. The van der Waals surface area contributed by atoms with Crippen molar-refractivity contribution in [2.45, 2.75) is 39.7 Å².